The number of thiazole rings is 1. The molecule has 0 unspecified atom stereocenters. The number of aryl methyl sites for hydroxylation is 1. The SMILES string of the molecule is CCCCCN(C(=O)c1ccc(Br)o1)c1nc(C)c(C(=O)OCC)s1. The van der Waals surface area contributed by atoms with Gasteiger partial charge in [0, 0.05) is 6.54 Å². The highest BCUT2D eigenvalue weighted by Gasteiger charge is 2.26. The molecule has 0 bridgehead atoms. The van der Waals surface area contributed by atoms with Crippen LogP contribution in [0.4, 0.5) is 5.13 Å². The maximum Gasteiger partial charge on any atom is 0.350 e. The fraction of sp³-hybridized carbons (Fsp3) is 0.471. The van der Waals surface area contributed by atoms with Gasteiger partial charge in [0.15, 0.2) is 15.6 Å². The van der Waals surface area contributed by atoms with E-state index < -0.39 is 5.97 Å². The lowest BCUT2D eigenvalue weighted by molar-refractivity contribution is 0.0531. The van der Waals surface area contributed by atoms with Crippen LogP contribution in [0.15, 0.2) is 21.2 Å². The number of hydrogen-bond donors (Lipinski definition) is 0. The van der Waals surface area contributed by atoms with Crippen molar-refractivity contribution < 1.29 is 18.7 Å². The van der Waals surface area contributed by atoms with Gasteiger partial charge in [-0.2, -0.15) is 0 Å². The molecule has 0 saturated heterocycles. The first-order valence-corrected chi connectivity index (χ1v) is 9.80. The number of carbonyl (C=O) groups is 2. The molecule has 6 nitrogen and oxygen atoms in total. The predicted molar refractivity (Wildman–Crippen MR) is 100 cm³/mol. The van der Waals surface area contributed by atoms with Crippen LogP contribution < -0.4 is 4.90 Å². The second-order valence-corrected chi connectivity index (χ2v) is 7.16. The van der Waals surface area contributed by atoms with Crippen LogP contribution >= 0.6 is 27.3 Å². The number of rotatable bonds is 8. The number of esters is 1. The number of hydrogen-bond acceptors (Lipinski definition) is 6. The van der Waals surface area contributed by atoms with Gasteiger partial charge in [-0.15, -0.1) is 0 Å². The molecule has 0 aliphatic rings. The van der Waals surface area contributed by atoms with Crippen LogP contribution in [0, 0.1) is 6.92 Å². The Hall–Kier alpha value is -1.67. The number of aromatic nitrogens is 1. The van der Waals surface area contributed by atoms with Gasteiger partial charge in [-0.3, -0.25) is 9.69 Å². The molecule has 2 rings (SSSR count). The van der Waals surface area contributed by atoms with E-state index in [9.17, 15) is 9.59 Å². The van der Waals surface area contributed by atoms with Crippen molar-refractivity contribution in [2.75, 3.05) is 18.1 Å². The number of anilines is 1. The second-order valence-electron chi connectivity index (χ2n) is 5.40. The van der Waals surface area contributed by atoms with Crippen LogP contribution in [-0.4, -0.2) is 30.0 Å². The lowest BCUT2D eigenvalue weighted by Gasteiger charge is -2.18. The Labute approximate surface area is 159 Å². The maximum atomic E-state index is 12.8. The highest BCUT2D eigenvalue weighted by atomic mass is 79.9. The Morgan fingerprint density at radius 3 is 2.68 bits per heavy atom. The molecule has 2 heterocycles. The molecule has 0 saturated carbocycles. The van der Waals surface area contributed by atoms with Crippen molar-refractivity contribution in [1.82, 2.24) is 4.98 Å². The van der Waals surface area contributed by atoms with Gasteiger partial charge in [-0.1, -0.05) is 31.1 Å². The summed E-state index contributed by atoms with van der Waals surface area (Å²) in [5, 5.41) is 0.481. The van der Waals surface area contributed by atoms with Gasteiger partial charge < -0.3 is 9.15 Å². The van der Waals surface area contributed by atoms with E-state index in [0.29, 0.717) is 33.5 Å². The first-order valence-electron chi connectivity index (χ1n) is 8.19. The zero-order valence-corrected chi connectivity index (χ0v) is 16.9. The summed E-state index contributed by atoms with van der Waals surface area (Å²) in [4.78, 5) is 31.3. The van der Waals surface area contributed by atoms with Crippen LogP contribution in [0.5, 0.6) is 0 Å². The van der Waals surface area contributed by atoms with Gasteiger partial charge in [0.25, 0.3) is 5.91 Å². The lowest BCUT2D eigenvalue weighted by Crippen LogP contribution is -2.31. The number of ether oxygens (including phenoxy) is 1. The molecule has 0 fully saturated rings. The van der Waals surface area contributed by atoms with E-state index in [2.05, 4.69) is 27.8 Å². The van der Waals surface area contributed by atoms with Crippen molar-refractivity contribution in [1.29, 1.82) is 0 Å². The molecule has 2 aromatic rings. The van der Waals surface area contributed by atoms with Crippen LogP contribution in [0.1, 0.15) is 59.0 Å². The van der Waals surface area contributed by atoms with E-state index in [4.69, 9.17) is 9.15 Å². The minimum absolute atomic E-state index is 0.230. The quantitative estimate of drug-likeness (QED) is 0.444. The summed E-state index contributed by atoms with van der Waals surface area (Å²) in [6, 6.07) is 3.29. The van der Waals surface area contributed by atoms with Crippen molar-refractivity contribution in [3.8, 4) is 0 Å². The summed E-state index contributed by atoms with van der Waals surface area (Å²) < 4.78 is 10.9. The molecule has 136 valence electrons. The molecular formula is C17H21BrN2O4S. The van der Waals surface area contributed by atoms with Gasteiger partial charge in [-0.05, 0) is 48.3 Å². The monoisotopic (exact) mass is 428 g/mol. The number of carbonyl (C=O) groups excluding carboxylic acids is 2. The number of furan rings is 1. The number of amides is 1. The van der Waals surface area contributed by atoms with Crippen molar-refractivity contribution in [2.24, 2.45) is 0 Å². The smallest absolute Gasteiger partial charge is 0.350 e. The van der Waals surface area contributed by atoms with Crippen LogP contribution in [0.3, 0.4) is 0 Å². The lowest BCUT2D eigenvalue weighted by atomic mass is 10.2. The molecule has 0 aliphatic carbocycles. The molecule has 0 spiro atoms. The minimum Gasteiger partial charge on any atom is -0.462 e. The fourth-order valence-electron chi connectivity index (χ4n) is 2.25. The number of nitrogens with zero attached hydrogens (tertiary/aromatic N) is 2. The Bertz CT molecular complexity index is 741. The molecule has 0 atom stereocenters. The van der Waals surface area contributed by atoms with Crippen molar-refractivity contribution in [3.63, 3.8) is 0 Å². The Morgan fingerprint density at radius 2 is 2.08 bits per heavy atom. The average molecular weight is 429 g/mol. The highest BCUT2D eigenvalue weighted by molar-refractivity contribution is 9.10. The van der Waals surface area contributed by atoms with Gasteiger partial charge >= 0.3 is 5.97 Å². The Balaban J connectivity index is 2.30. The predicted octanol–water partition coefficient (Wildman–Crippen LogP) is 4.82. The molecule has 0 aliphatic heterocycles. The third kappa shape index (κ3) is 4.92. The van der Waals surface area contributed by atoms with Gasteiger partial charge in [-0.25, -0.2) is 9.78 Å². The standard InChI is InChI=1S/C17H21BrN2O4S/c1-4-6-7-10-20(15(21)12-8-9-13(18)24-12)17-19-11(3)14(25-17)16(22)23-5-2/h8-9H,4-7,10H2,1-3H3. The third-order valence-corrected chi connectivity index (χ3v) is 5.08. The molecule has 2 aromatic heterocycles. The maximum absolute atomic E-state index is 12.8. The molecule has 0 aromatic carbocycles. The molecule has 8 heteroatoms. The third-order valence-electron chi connectivity index (χ3n) is 3.49. The van der Waals surface area contributed by atoms with Crippen LogP contribution in [0.25, 0.3) is 0 Å². The van der Waals surface area contributed by atoms with Crippen molar-refractivity contribution in [2.45, 2.75) is 40.0 Å². The molecule has 0 radical (unpaired) electrons. The van der Waals surface area contributed by atoms with Crippen molar-refractivity contribution in [3.05, 3.63) is 33.1 Å². The summed E-state index contributed by atoms with van der Waals surface area (Å²) in [5.74, 6) is -0.453. The number of halogens is 1. The molecule has 0 N–H and O–H groups in total. The fourth-order valence-corrected chi connectivity index (χ4v) is 3.54. The van der Waals surface area contributed by atoms with Gasteiger partial charge in [0.2, 0.25) is 0 Å². The van der Waals surface area contributed by atoms with Crippen LogP contribution in [-0.2, 0) is 4.74 Å². The van der Waals surface area contributed by atoms with Crippen LogP contribution in [0.2, 0.25) is 0 Å². The van der Waals surface area contributed by atoms with E-state index in [0.717, 1.165) is 19.3 Å². The second kappa shape index (κ2) is 9.15. The van der Waals surface area contributed by atoms with E-state index >= 15 is 0 Å². The number of unbranched alkanes of at least 4 members (excludes halogenated alkanes) is 2. The normalized spacial score (nSPS) is 10.7. The van der Waals surface area contributed by atoms with E-state index in [1.54, 1.807) is 30.9 Å². The Kier molecular flexibility index (Phi) is 7.19. The summed E-state index contributed by atoms with van der Waals surface area (Å²) in [6.45, 7) is 6.41. The average Bonchev–Trinajstić information content (AvgIpc) is 3.17. The highest BCUT2D eigenvalue weighted by Crippen LogP contribution is 2.29. The summed E-state index contributed by atoms with van der Waals surface area (Å²) in [5.41, 5.74) is 0.562. The van der Waals surface area contributed by atoms with Gasteiger partial charge in [0.05, 0.1) is 12.3 Å². The van der Waals surface area contributed by atoms with Gasteiger partial charge in [0.1, 0.15) is 4.88 Å². The van der Waals surface area contributed by atoms with E-state index in [1.807, 2.05) is 0 Å². The molecular weight excluding hydrogens is 408 g/mol. The summed E-state index contributed by atoms with van der Waals surface area (Å²) >= 11 is 4.38. The largest absolute Gasteiger partial charge is 0.462 e. The summed E-state index contributed by atoms with van der Waals surface area (Å²) in [7, 11) is 0. The van der Waals surface area contributed by atoms with E-state index in [1.165, 1.54) is 11.3 Å². The Morgan fingerprint density at radius 1 is 1.32 bits per heavy atom. The summed E-state index contributed by atoms with van der Waals surface area (Å²) in [6.07, 6.45) is 2.89. The first-order chi connectivity index (χ1) is 12.0. The molecule has 25 heavy (non-hydrogen) atoms. The zero-order valence-electron chi connectivity index (χ0n) is 14.5. The van der Waals surface area contributed by atoms with Crippen molar-refractivity contribution >= 4 is 44.3 Å². The first kappa shape index (κ1) is 19.7. The minimum atomic E-state index is -0.412. The zero-order chi connectivity index (χ0) is 18.4. The van der Waals surface area contributed by atoms with E-state index in [-0.39, 0.29) is 11.7 Å². The topological polar surface area (TPSA) is 72.6 Å². The molecule has 1 amide bonds.